The molecular weight excluding hydrogens is 436 g/mol. The Hall–Kier alpha value is -3.99. The van der Waals surface area contributed by atoms with E-state index in [2.05, 4.69) is 20.9 Å². The normalized spacial score (nSPS) is 10.8. The Labute approximate surface area is 185 Å². The molecule has 0 spiro atoms. The molecule has 10 nitrogen and oxygen atoms in total. The van der Waals surface area contributed by atoms with E-state index in [1.165, 1.54) is 6.07 Å². The number of hydrogen-bond acceptors (Lipinski definition) is 6. The van der Waals surface area contributed by atoms with Crippen LogP contribution in [0.5, 0.6) is 5.75 Å². The molecule has 0 saturated heterocycles. The Morgan fingerprint density at radius 2 is 1.75 bits per heavy atom. The van der Waals surface area contributed by atoms with E-state index in [0.717, 1.165) is 6.26 Å². The van der Waals surface area contributed by atoms with E-state index in [1.807, 2.05) is 18.2 Å². The first-order chi connectivity index (χ1) is 15.3. The largest absolute Gasteiger partial charge is 0.486 e. The lowest BCUT2D eigenvalue weighted by molar-refractivity contribution is 0.0904. The number of urea groups is 1. The molecule has 11 heteroatoms. The molecule has 4 N–H and O–H groups in total. The molecule has 3 aromatic rings. The Morgan fingerprint density at radius 1 is 0.969 bits per heavy atom. The van der Waals surface area contributed by atoms with Gasteiger partial charge in [-0.25, -0.2) is 18.6 Å². The number of hydrazine groups is 1. The van der Waals surface area contributed by atoms with Crippen LogP contribution in [-0.4, -0.2) is 26.6 Å². The summed E-state index contributed by atoms with van der Waals surface area (Å²) in [6.07, 6.45) is 1.05. The first-order valence-corrected chi connectivity index (χ1v) is 11.3. The van der Waals surface area contributed by atoms with Crippen LogP contribution in [0, 0.1) is 0 Å². The fraction of sp³-hybridized carbons (Fsp3) is 0.143. The molecule has 0 bridgehead atoms. The average molecular weight is 458 g/mol. The minimum Gasteiger partial charge on any atom is -0.486 e. The van der Waals surface area contributed by atoms with Gasteiger partial charge in [-0.15, -0.1) is 0 Å². The van der Waals surface area contributed by atoms with Crippen LogP contribution < -0.4 is 25.6 Å². The molecule has 32 heavy (non-hydrogen) atoms. The molecule has 0 fully saturated rings. The van der Waals surface area contributed by atoms with Gasteiger partial charge < -0.3 is 14.5 Å². The van der Waals surface area contributed by atoms with E-state index in [1.54, 1.807) is 42.5 Å². The maximum Gasteiger partial charge on any atom is 0.333 e. The Morgan fingerprint density at radius 3 is 2.50 bits per heavy atom. The molecule has 0 radical (unpaired) electrons. The minimum absolute atomic E-state index is 0.0107. The predicted molar refractivity (Wildman–Crippen MR) is 117 cm³/mol. The van der Waals surface area contributed by atoms with Crippen molar-refractivity contribution in [2.75, 3.05) is 11.0 Å². The summed E-state index contributed by atoms with van der Waals surface area (Å²) in [5.41, 5.74) is 5.50. The number of carbonyl (C=O) groups excluding carboxylic acids is 2. The van der Waals surface area contributed by atoms with Crippen molar-refractivity contribution in [3.05, 3.63) is 83.8 Å². The third-order valence-corrected chi connectivity index (χ3v) is 4.59. The molecule has 0 saturated carbocycles. The molecular formula is C21H22N4O6S. The Balaban J connectivity index is 1.42. The standard InChI is InChI=1S/C21H22N4O6S/c1-32(28,29)25-16-7-5-6-15(12-16)13-22-21(27)24-23-20(26)19-11-10-18(31-19)14-30-17-8-3-2-4-9-17/h2-12,25H,13-14H2,1H3,(H,23,26)(H2,22,24,27). The number of para-hydroxylation sites is 1. The number of nitrogens with one attached hydrogen (secondary N) is 4. The molecule has 0 unspecified atom stereocenters. The van der Waals surface area contributed by atoms with Crippen molar-refractivity contribution in [1.82, 2.24) is 16.2 Å². The summed E-state index contributed by atoms with van der Waals surface area (Å²) in [4.78, 5) is 24.1. The van der Waals surface area contributed by atoms with Crippen LogP contribution in [0.15, 0.2) is 71.1 Å². The maximum atomic E-state index is 12.1. The van der Waals surface area contributed by atoms with Gasteiger partial charge in [0, 0.05) is 12.2 Å². The molecule has 2 aromatic carbocycles. The van der Waals surface area contributed by atoms with E-state index in [0.29, 0.717) is 22.8 Å². The van der Waals surface area contributed by atoms with Crippen LogP contribution in [0.2, 0.25) is 0 Å². The summed E-state index contributed by atoms with van der Waals surface area (Å²) < 4.78 is 35.9. The highest BCUT2D eigenvalue weighted by atomic mass is 32.2. The number of hydrogen-bond donors (Lipinski definition) is 4. The fourth-order valence-electron chi connectivity index (χ4n) is 2.61. The van der Waals surface area contributed by atoms with Gasteiger partial charge in [-0.05, 0) is 42.0 Å². The lowest BCUT2D eigenvalue weighted by atomic mass is 10.2. The van der Waals surface area contributed by atoms with Crippen LogP contribution >= 0.6 is 0 Å². The average Bonchev–Trinajstić information content (AvgIpc) is 3.24. The Bertz CT molecular complexity index is 1180. The molecule has 0 aliphatic heterocycles. The van der Waals surface area contributed by atoms with Gasteiger partial charge >= 0.3 is 11.9 Å². The second kappa shape index (κ2) is 10.4. The number of furan rings is 1. The van der Waals surface area contributed by atoms with Crippen molar-refractivity contribution in [1.29, 1.82) is 0 Å². The number of ether oxygens (including phenoxy) is 1. The van der Waals surface area contributed by atoms with Gasteiger partial charge in [-0.1, -0.05) is 30.3 Å². The molecule has 3 rings (SSSR count). The van der Waals surface area contributed by atoms with Crippen LogP contribution in [0.1, 0.15) is 21.9 Å². The van der Waals surface area contributed by atoms with Crippen LogP contribution in [0.25, 0.3) is 0 Å². The summed E-state index contributed by atoms with van der Waals surface area (Å²) in [6.45, 7) is 0.265. The number of rotatable bonds is 8. The van der Waals surface area contributed by atoms with Gasteiger partial charge in [0.05, 0.1) is 6.26 Å². The second-order valence-electron chi connectivity index (χ2n) is 6.70. The molecule has 0 aliphatic carbocycles. The first kappa shape index (κ1) is 22.7. The summed E-state index contributed by atoms with van der Waals surface area (Å²) in [5, 5.41) is 2.55. The molecule has 1 heterocycles. The topological polar surface area (TPSA) is 139 Å². The summed E-state index contributed by atoms with van der Waals surface area (Å²) >= 11 is 0. The zero-order valence-electron chi connectivity index (χ0n) is 17.1. The fourth-order valence-corrected chi connectivity index (χ4v) is 3.16. The molecule has 0 atom stereocenters. The molecule has 168 valence electrons. The summed E-state index contributed by atoms with van der Waals surface area (Å²) in [5.74, 6) is 0.499. The lowest BCUT2D eigenvalue weighted by Gasteiger charge is -2.10. The van der Waals surface area contributed by atoms with Gasteiger partial charge in [0.2, 0.25) is 10.0 Å². The van der Waals surface area contributed by atoms with Crippen molar-refractivity contribution < 1.29 is 27.2 Å². The lowest BCUT2D eigenvalue weighted by Crippen LogP contribution is -2.46. The van der Waals surface area contributed by atoms with Crippen LogP contribution in [0.4, 0.5) is 10.5 Å². The number of benzene rings is 2. The van der Waals surface area contributed by atoms with Gasteiger partial charge in [0.25, 0.3) is 0 Å². The van der Waals surface area contributed by atoms with Crippen molar-refractivity contribution in [3.8, 4) is 5.75 Å². The zero-order chi connectivity index (χ0) is 23.0. The molecule has 1 aromatic heterocycles. The molecule has 0 aliphatic rings. The van der Waals surface area contributed by atoms with Gasteiger partial charge in [-0.2, -0.15) is 0 Å². The highest BCUT2D eigenvalue weighted by molar-refractivity contribution is 7.92. The first-order valence-electron chi connectivity index (χ1n) is 9.46. The third kappa shape index (κ3) is 7.36. The number of anilines is 1. The minimum atomic E-state index is -3.40. The van der Waals surface area contributed by atoms with E-state index in [9.17, 15) is 18.0 Å². The predicted octanol–water partition coefficient (Wildman–Crippen LogP) is 2.37. The van der Waals surface area contributed by atoms with Crippen LogP contribution in [-0.2, 0) is 23.2 Å². The van der Waals surface area contributed by atoms with Gasteiger partial charge in [0.15, 0.2) is 5.76 Å². The van der Waals surface area contributed by atoms with Crippen molar-refractivity contribution in [3.63, 3.8) is 0 Å². The second-order valence-corrected chi connectivity index (χ2v) is 8.45. The van der Waals surface area contributed by atoms with E-state index >= 15 is 0 Å². The maximum absolute atomic E-state index is 12.1. The number of carbonyl (C=O) groups is 2. The van der Waals surface area contributed by atoms with E-state index in [4.69, 9.17) is 9.15 Å². The zero-order valence-corrected chi connectivity index (χ0v) is 17.9. The monoisotopic (exact) mass is 458 g/mol. The van der Waals surface area contributed by atoms with E-state index in [-0.39, 0.29) is 18.9 Å². The van der Waals surface area contributed by atoms with Crippen molar-refractivity contribution >= 4 is 27.6 Å². The van der Waals surface area contributed by atoms with Gasteiger partial charge in [0.1, 0.15) is 18.1 Å². The highest BCUT2D eigenvalue weighted by Gasteiger charge is 2.12. The SMILES string of the molecule is CS(=O)(=O)Nc1cccc(CNC(=O)NNC(=O)c2ccc(COc3ccccc3)o2)c1. The highest BCUT2D eigenvalue weighted by Crippen LogP contribution is 2.14. The molecule has 3 amide bonds. The van der Waals surface area contributed by atoms with Crippen LogP contribution in [0.3, 0.4) is 0 Å². The number of sulfonamides is 1. The Kier molecular flexibility index (Phi) is 7.34. The summed E-state index contributed by atoms with van der Waals surface area (Å²) in [6, 6.07) is 18.1. The van der Waals surface area contributed by atoms with Gasteiger partial charge in [-0.3, -0.25) is 14.9 Å². The van der Waals surface area contributed by atoms with E-state index < -0.39 is 22.0 Å². The number of amides is 3. The smallest absolute Gasteiger partial charge is 0.333 e. The van der Waals surface area contributed by atoms with Crippen molar-refractivity contribution in [2.24, 2.45) is 0 Å². The summed E-state index contributed by atoms with van der Waals surface area (Å²) in [7, 11) is -3.40. The quantitative estimate of drug-likeness (QED) is 0.382. The third-order valence-electron chi connectivity index (χ3n) is 3.98. The van der Waals surface area contributed by atoms with Crippen molar-refractivity contribution in [2.45, 2.75) is 13.2 Å².